The largest absolute Gasteiger partial charge is 0.481 e. The summed E-state index contributed by atoms with van der Waals surface area (Å²) in [4.78, 5) is 38.0. The van der Waals surface area contributed by atoms with Gasteiger partial charge in [0.15, 0.2) is 16.1 Å². The third-order valence-corrected chi connectivity index (χ3v) is 6.33. The Morgan fingerprint density at radius 1 is 1.45 bits per heavy atom. The normalized spacial score (nSPS) is 19.4. The lowest BCUT2D eigenvalue weighted by Gasteiger charge is -2.37. The molecule has 1 aliphatic rings. The number of hydrogen-bond donors (Lipinski definition) is 3. The van der Waals surface area contributed by atoms with E-state index in [-0.39, 0.29) is 30.3 Å². The molecule has 0 unspecified atom stereocenters. The maximum Gasteiger partial charge on any atom is 0.309 e. The number of aryl methyl sites for hydroxylation is 2. The Kier molecular flexibility index (Phi) is 6.76. The van der Waals surface area contributed by atoms with Gasteiger partial charge in [-0.2, -0.15) is 0 Å². The van der Waals surface area contributed by atoms with Gasteiger partial charge in [0.1, 0.15) is 0 Å². The van der Waals surface area contributed by atoms with Crippen molar-refractivity contribution in [1.82, 2.24) is 20.3 Å². The number of nitrogens with one attached hydrogen (secondary N) is 2. The predicted octanol–water partition coefficient (Wildman–Crippen LogP) is 2.04. The minimum atomic E-state index is -0.898. The van der Waals surface area contributed by atoms with Gasteiger partial charge in [0.05, 0.1) is 30.0 Å². The van der Waals surface area contributed by atoms with Crippen molar-refractivity contribution in [3.05, 3.63) is 27.2 Å². The summed E-state index contributed by atoms with van der Waals surface area (Å²) in [6, 6.07) is -0.183. The summed E-state index contributed by atoms with van der Waals surface area (Å²) in [5, 5.41) is 13.1. The molecule has 158 valence electrons. The molecule has 1 fully saturated rings. The van der Waals surface area contributed by atoms with E-state index >= 15 is 0 Å². The van der Waals surface area contributed by atoms with Crippen molar-refractivity contribution in [2.24, 2.45) is 0 Å². The number of aliphatic carboxylic acids is 1. The van der Waals surface area contributed by atoms with Crippen LogP contribution in [0.4, 0.5) is 5.13 Å². The lowest BCUT2D eigenvalue weighted by Crippen LogP contribution is -2.55. The first kappa shape index (κ1) is 21.5. The van der Waals surface area contributed by atoms with E-state index in [1.54, 1.807) is 7.11 Å². The van der Waals surface area contributed by atoms with Crippen LogP contribution < -0.4 is 10.2 Å². The van der Waals surface area contributed by atoms with Crippen LogP contribution >= 0.6 is 22.9 Å². The minimum Gasteiger partial charge on any atom is -0.481 e. The molecule has 3 rings (SSSR count). The van der Waals surface area contributed by atoms with E-state index in [4.69, 9.17) is 21.4 Å². The molecule has 0 spiro atoms. The van der Waals surface area contributed by atoms with Gasteiger partial charge in [0, 0.05) is 25.1 Å². The molecule has 29 heavy (non-hydrogen) atoms. The number of hydrogen-bond acceptors (Lipinski definition) is 7. The number of anilines is 1. The molecule has 0 saturated carbocycles. The minimum absolute atomic E-state index is 0.0893. The van der Waals surface area contributed by atoms with Gasteiger partial charge < -0.3 is 25.0 Å². The predicted molar refractivity (Wildman–Crippen MR) is 110 cm³/mol. The van der Waals surface area contributed by atoms with E-state index in [1.807, 2.05) is 13.8 Å². The number of halogens is 1. The molecule has 2 atom stereocenters. The standard InChI is InChI=1S/C18H24ClN5O4S/c1-4-10-15(19)23-16(20-10)17(27)21-11-5-6-24(8-13(11)28-3)18-22-12(7-14(25)26)9(2)29-18/h11,13H,4-8H2,1-3H3,(H,20,23)(H,21,27)(H,25,26)/t11-,13+/m1/s1. The maximum atomic E-state index is 12.6. The summed E-state index contributed by atoms with van der Waals surface area (Å²) in [5.41, 5.74) is 1.31. The van der Waals surface area contributed by atoms with Crippen LogP contribution in [0.1, 0.15) is 40.2 Å². The van der Waals surface area contributed by atoms with Crippen molar-refractivity contribution in [3.8, 4) is 0 Å². The van der Waals surface area contributed by atoms with Crippen molar-refractivity contribution in [1.29, 1.82) is 0 Å². The van der Waals surface area contributed by atoms with Gasteiger partial charge in [-0.1, -0.05) is 18.5 Å². The van der Waals surface area contributed by atoms with Gasteiger partial charge in [-0.05, 0) is 19.8 Å². The summed E-state index contributed by atoms with van der Waals surface area (Å²) < 4.78 is 5.61. The first-order valence-corrected chi connectivity index (χ1v) is 10.5. The molecule has 2 aromatic heterocycles. The highest BCUT2D eigenvalue weighted by molar-refractivity contribution is 7.15. The summed E-state index contributed by atoms with van der Waals surface area (Å²) in [6.07, 6.45) is 0.992. The number of ether oxygens (including phenoxy) is 1. The van der Waals surface area contributed by atoms with Crippen LogP contribution in [0.3, 0.4) is 0 Å². The van der Waals surface area contributed by atoms with Crippen molar-refractivity contribution in [2.45, 2.75) is 45.3 Å². The van der Waals surface area contributed by atoms with Crippen molar-refractivity contribution in [3.63, 3.8) is 0 Å². The summed E-state index contributed by atoms with van der Waals surface area (Å²) in [6.45, 7) is 5.02. The van der Waals surface area contributed by atoms with E-state index in [0.717, 1.165) is 15.7 Å². The molecular formula is C18H24ClN5O4S. The number of methoxy groups -OCH3 is 1. The second kappa shape index (κ2) is 9.10. The number of carbonyl (C=O) groups is 2. The van der Waals surface area contributed by atoms with E-state index in [1.165, 1.54) is 11.3 Å². The molecule has 0 aromatic carbocycles. The van der Waals surface area contributed by atoms with Crippen LogP contribution in [-0.4, -0.2) is 64.3 Å². The van der Waals surface area contributed by atoms with Crippen LogP contribution in [0.2, 0.25) is 5.15 Å². The van der Waals surface area contributed by atoms with Gasteiger partial charge in [0.25, 0.3) is 5.91 Å². The topological polar surface area (TPSA) is 120 Å². The Morgan fingerprint density at radius 2 is 2.21 bits per heavy atom. The Labute approximate surface area is 177 Å². The highest BCUT2D eigenvalue weighted by Gasteiger charge is 2.33. The molecule has 9 nitrogen and oxygen atoms in total. The molecule has 3 heterocycles. The second-order valence-electron chi connectivity index (χ2n) is 6.87. The number of amides is 1. The van der Waals surface area contributed by atoms with Gasteiger partial charge in [-0.25, -0.2) is 9.97 Å². The summed E-state index contributed by atoms with van der Waals surface area (Å²) in [5.74, 6) is -1.02. The Morgan fingerprint density at radius 3 is 2.83 bits per heavy atom. The van der Waals surface area contributed by atoms with E-state index in [2.05, 4.69) is 25.2 Å². The number of rotatable bonds is 7. The molecule has 2 aromatic rings. The molecule has 1 saturated heterocycles. The number of nitrogens with zero attached hydrogens (tertiary/aromatic N) is 3. The first-order chi connectivity index (χ1) is 13.8. The number of aromatic nitrogens is 3. The number of aromatic amines is 1. The Balaban J connectivity index is 1.66. The number of H-pyrrole nitrogens is 1. The smallest absolute Gasteiger partial charge is 0.309 e. The highest BCUT2D eigenvalue weighted by Crippen LogP contribution is 2.29. The van der Waals surface area contributed by atoms with Gasteiger partial charge in [-0.3, -0.25) is 9.59 Å². The molecule has 1 amide bonds. The maximum absolute atomic E-state index is 12.6. The Hall–Kier alpha value is -2.17. The lowest BCUT2D eigenvalue weighted by molar-refractivity contribution is -0.136. The summed E-state index contributed by atoms with van der Waals surface area (Å²) >= 11 is 7.50. The van der Waals surface area contributed by atoms with Gasteiger partial charge in [0.2, 0.25) is 0 Å². The second-order valence-corrected chi connectivity index (χ2v) is 8.41. The number of piperidine rings is 1. The van der Waals surface area contributed by atoms with Crippen LogP contribution in [0.15, 0.2) is 0 Å². The molecule has 0 bridgehead atoms. The average molecular weight is 442 g/mol. The lowest BCUT2D eigenvalue weighted by atomic mass is 10.0. The molecule has 1 aliphatic heterocycles. The first-order valence-electron chi connectivity index (χ1n) is 9.33. The summed E-state index contributed by atoms with van der Waals surface area (Å²) in [7, 11) is 1.61. The Bertz CT molecular complexity index is 899. The fraction of sp³-hybridized carbons (Fsp3) is 0.556. The van der Waals surface area contributed by atoms with Gasteiger partial charge >= 0.3 is 5.97 Å². The highest BCUT2D eigenvalue weighted by atomic mass is 35.5. The zero-order valence-corrected chi connectivity index (χ0v) is 18.1. The van der Waals surface area contributed by atoms with Crippen LogP contribution in [-0.2, 0) is 22.4 Å². The molecular weight excluding hydrogens is 418 g/mol. The van der Waals surface area contributed by atoms with E-state index in [0.29, 0.717) is 36.8 Å². The quantitative estimate of drug-likeness (QED) is 0.601. The molecule has 11 heteroatoms. The zero-order chi connectivity index (χ0) is 21.1. The monoisotopic (exact) mass is 441 g/mol. The number of thiazole rings is 1. The van der Waals surface area contributed by atoms with Crippen LogP contribution in [0, 0.1) is 6.92 Å². The zero-order valence-electron chi connectivity index (χ0n) is 16.5. The van der Waals surface area contributed by atoms with Gasteiger partial charge in [-0.15, -0.1) is 11.3 Å². The number of carbonyl (C=O) groups excluding carboxylic acids is 1. The van der Waals surface area contributed by atoms with Crippen molar-refractivity contribution in [2.75, 3.05) is 25.1 Å². The van der Waals surface area contributed by atoms with E-state index in [9.17, 15) is 9.59 Å². The third-order valence-electron chi connectivity index (χ3n) is 4.95. The third kappa shape index (κ3) is 4.88. The fourth-order valence-electron chi connectivity index (χ4n) is 3.32. The van der Waals surface area contributed by atoms with Crippen molar-refractivity contribution < 1.29 is 19.4 Å². The molecule has 3 N–H and O–H groups in total. The number of carboxylic acid groups (broad SMARTS) is 1. The van der Waals surface area contributed by atoms with Crippen molar-refractivity contribution >= 4 is 39.9 Å². The molecule has 0 aliphatic carbocycles. The van der Waals surface area contributed by atoms with Crippen LogP contribution in [0.25, 0.3) is 0 Å². The molecule has 0 radical (unpaired) electrons. The van der Waals surface area contributed by atoms with E-state index < -0.39 is 5.97 Å². The SMILES string of the molecule is CCc1[nH]c(C(=O)N[C@@H]2CCN(c3nc(CC(=O)O)c(C)s3)C[C@@H]2OC)nc1Cl. The fourth-order valence-corrected chi connectivity index (χ4v) is 4.54. The van der Waals surface area contributed by atoms with Crippen LogP contribution in [0.5, 0.6) is 0 Å². The number of imidazole rings is 1. The number of carboxylic acids is 1. The average Bonchev–Trinajstić information content (AvgIpc) is 3.24.